The van der Waals surface area contributed by atoms with Crippen molar-refractivity contribution in [2.24, 2.45) is 5.92 Å². The van der Waals surface area contributed by atoms with E-state index in [1.807, 2.05) is 0 Å². The first-order valence-corrected chi connectivity index (χ1v) is 9.08. The van der Waals surface area contributed by atoms with Gasteiger partial charge in [0.15, 0.2) is 0 Å². The quantitative estimate of drug-likeness (QED) is 0.824. The Kier molecular flexibility index (Phi) is 5.69. The van der Waals surface area contributed by atoms with Gasteiger partial charge in [-0.2, -0.15) is 0 Å². The molecule has 1 aromatic rings. The van der Waals surface area contributed by atoms with Crippen LogP contribution in [-0.2, 0) is 14.3 Å². The van der Waals surface area contributed by atoms with Gasteiger partial charge in [0.05, 0.1) is 12.2 Å². The summed E-state index contributed by atoms with van der Waals surface area (Å²) in [7, 11) is 0. The third-order valence-electron chi connectivity index (χ3n) is 5.20. The van der Waals surface area contributed by atoms with Crippen molar-refractivity contribution in [1.82, 2.24) is 5.32 Å². The van der Waals surface area contributed by atoms with Crippen molar-refractivity contribution < 1.29 is 23.1 Å². The Morgan fingerprint density at radius 1 is 1.23 bits per heavy atom. The topological polar surface area (TPSA) is 55.4 Å². The summed E-state index contributed by atoms with van der Waals surface area (Å²) >= 11 is 0. The maximum absolute atomic E-state index is 14.3. The van der Waals surface area contributed by atoms with Gasteiger partial charge < -0.3 is 10.1 Å². The highest BCUT2D eigenvalue weighted by molar-refractivity contribution is 5.95. The lowest BCUT2D eigenvalue weighted by molar-refractivity contribution is -0.141. The van der Waals surface area contributed by atoms with E-state index >= 15 is 0 Å². The third-order valence-corrected chi connectivity index (χ3v) is 5.20. The van der Waals surface area contributed by atoms with Crippen molar-refractivity contribution >= 4 is 11.9 Å². The molecule has 1 atom stereocenters. The van der Waals surface area contributed by atoms with E-state index in [2.05, 4.69) is 5.32 Å². The molecular formula is C20H23F2NO3. The van der Waals surface area contributed by atoms with Gasteiger partial charge in [-0.05, 0) is 37.3 Å². The molecule has 0 bridgehead atoms. The number of nitrogens with one attached hydrogen (secondary N) is 1. The van der Waals surface area contributed by atoms with Gasteiger partial charge in [0, 0.05) is 24.1 Å². The molecular weight excluding hydrogens is 340 g/mol. The number of ether oxygens (including phenoxy) is 1. The van der Waals surface area contributed by atoms with Gasteiger partial charge in [-0.15, -0.1) is 0 Å². The van der Waals surface area contributed by atoms with Crippen molar-refractivity contribution in [2.45, 2.75) is 51.4 Å². The molecule has 1 aliphatic carbocycles. The molecule has 1 N–H and O–H groups in total. The van der Waals surface area contributed by atoms with E-state index in [0.29, 0.717) is 18.2 Å². The minimum atomic E-state index is -0.775. The number of carbonyl (C=O) groups excluding carboxylic acids is 2. The number of amides is 1. The van der Waals surface area contributed by atoms with E-state index in [0.717, 1.165) is 37.8 Å². The number of hydrogen-bond acceptors (Lipinski definition) is 3. The number of halogens is 2. The Morgan fingerprint density at radius 3 is 2.65 bits per heavy atom. The standard InChI is InChI=1S/C20H23F2NO3/c1-12-19(20(25)26-11-13-5-3-2-4-6-13)16(10-18(24)23-12)15-8-7-14(21)9-17(15)22/h7-9,13,16H,2-6,10-11H2,1H3,(H,23,24)/t16-/m1/s1. The second-order valence-corrected chi connectivity index (χ2v) is 7.11. The monoisotopic (exact) mass is 363 g/mol. The van der Waals surface area contributed by atoms with Crippen LogP contribution in [0, 0.1) is 17.6 Å². The second-order valence-electron chi connectivity index (χ2n) is 7.11. The summed E-state index contributed by atoms with van der Waals surface area (Å²) in [5.41, 5.74) is 0.736. The molecule has 0 radical (unpaired) electrons. The lowest BCUT2D eigenvalue weighted by atomic mass is 9.84. The predicted molar refractivity (Wildman–Crippen MR) is 92.1 cm³/mol. The summed E-state index contributed by atoms with van der Waals surface area (Å²) in [6.07, 6.45) is 5.50. The molecule has 4 nitrogen and oxygen atoms in total. The third kappa shape index (κ3) is 4.11. The summed E-state index contributed by atoms with van der Waals surface area (Å²) in [6.45, 7) is 1.94. The summed E-state index contributed by atoms with van der Waals surface area (Å²) < 4.78 is 33.0. The van der Waals surface area contributed by atoms with Crippen LogP contribution in [-0.4, -0.2) is 18.5 Å². The number of hydrogen-bond donors (Lipinski definition) is 1. The zero-order chi connectivity index (χ0) is 18.7. The zero-order valence-electron chi connectivity index (χ0n) is 14.8. The van der Waals surface area contributed by atoms with Crippen LogP contribution in [0.15, 0.2) is 29.5 Å². The van der Waals surface area contributed by atoms with E-state index in [1.165, 1.54) is 12.5 Å². The predicted octanol–water partition coefficient (Wildman–Crippen LogP) is 3.97. The van der Waals surface area contributed by atoms with Crippen LogP contribution in [0.4, 0.5) is 8.78 Å². The first-order valence-electron chi connectivity index (χ1n) is 9.08. The second kappa shape index (κ2) is 7.98. The van der Waals surface area contributed by atoms with Gasteiger partial charge in [-0.1, -0.05) is 25.3 Å². The Morgan fingerprint density at radius 2 is 1.96 bits per heavy atom. The number of allylic oxidation sites excluding steroid dienone is 1. The Hall–Kier alpha value is -2.24. The minimum Gasteiger partial charge on any atom is -0.462 e. The van der Waals surface area contributed by atoms with Gasteiger partial charge in [-0.3, -0.25) is 4.79 Å². The molecule has 1 heterocycles. The molecule has 0 saturated heterocycles. The number of esters is 1. The average Bonchev–Trinajstić information content (AvgIpc) is 2.60. The highest BCUT2D eigenvalue weighted by Gasteiger charge is 2.34. The molecule has 1 saturated carbocycles. The summed E-state index contributed by atoms with van der Waals surface area (Å²) in [5, 5.41) is 2.62. The fraction of sp³-hybridized carbons (Fsp3) is 0.500. The summed E-state index contributed by atoms with van der Waals surface area (Å²) in [6, 6.07) is 3.18. The maximum atomic E-state index is 14.3. The SMILES string of the molecule is CC1=C(C(=O)OCC2CCCCC2)[C@@H](c2ccc(F)cc2F)CC(=O)N1. The van der Waals surface area contributed by atoms with Crippen LogP contribution in [0.3, 0.4) is 0 Å². The van der Waals surface area contributed by atoms with Gasteiger partial charge in [-0.25, -0.2) is 13.6 Å². The van der Waals surface area contributed by atoms with E-state index in [4.69, 9.17) is 4.74 Å². The fourth-order valence-electron chi connectivity index (χ4n) is 3.85. The number of rotatable bonds is 4. The van der Waals surface area contributed by atoms with Gasteiger partial charge in [0.1, 0.15) is 11.6 Å². The number of carbonyl (C=O) groups is 2. The summed E-state index contributed by atoms with van der Waals surface area (Å²) in [4.78, 5) is 24.6. The molecule has 2 aliphatic rings. The first kappa shape index (κ1) is 18.5. The first-order chi connectivity index (χ1) is 12.5. The van der Waals surface area contributed by atoms with Gasteiger partial charge in [0.2, 0.25) is 5.91 Å². The highest BCUT2D eigenvalue weighted by Crippen LogP contribution is 2.35. The van der Waals surface area contributed by atoms with Crippen molar-refractivity contribution in [2.75, 3.05) is 6.61 Å². The number of benzene rings is 1. The van der Waals surface area contributed by atoms with Gasteiger partial charge in [0.25, 0.3) is 0 Å². The minimum absolute atomic E-state index is 0.0756. The molecule has 140 valence electrons. The van der Waals surface area contributed by atoms with Crippen LogP contribution in [0.5, 0.6) is 0 Å². The van der Waals surface area contributed by atoms with Crippen LogP contribution in [0.1, 0.15) is 56.9 Å². The molecule has 0 spiro atoms. The molecule has 1 amide bonds. The smallest absolute Gasteiger partial charge is 0.336 e. The molecule has 6 heteroatoms. The highest BCUT2D eigenvalue weighted by atomic mass is 19.1. The average molecular weight is 363 g/mol. The largest absolute Gasteiger partial charge is 0.462 e. The van der Waals surface area contributed by atoms with Crippen LogP contribution >= 0.6 is 0 Å². The van der Waals surface area contributed by atoms with Crippen molar-refractivity contribution in [1.29, 1.82) is 0 Å². The molecule has 1 fully saturated rings. The van der Waals surface area contributed by atoms with E-state index in [-0.39, 0.29) is 23.5 Å². The fourth-order valence-corrected chi connectivity index (χ4v) is 3.85. The molecule has 26 heavy (non-hydrogen) atoms. The maximum Gasteiger partial charge on any atom is 0.336 e. The Bertz CT molecular complexity index is 739. The zero-order valence-corrected chi connectivity index (χ0v) is 14.8. The molecule has 0 unspecified atom stereocenters. The van der Waals surface area contributed by atoms with Crippen molar-refractivity contribution in [3.8, 4) is 0 Å². The Labute approximate surface area is 151 Å². The van der Waals surface area contributed by atoms with Crippen molar-refractivity contribution in [3.63, 3.8) is 0 Å². The van der Waals surface area contributed by atoms with Crippen LogP contribution in [0.25, 0.3) is 0 Å². The molecule has 3 rings (SSSR count). The van der Waals surface area contributed by atoms with E-state index in [9.17, 15) is 18.4 Å². The van der Waals surface area contributed by atoms with Crippen LogP contribution in [0.2, 0.25) is 0 Å². The Balaban J connectivity index is 1.81. The summed E-state index contributed by atoms with van der Waals surface area (Å²) in [5.74, 6) is -2.73. The van der Waals surface area contributed by atoms with Crippen molar-refractivity contribution in [3.05, 3.63) is 46.7 Å². The molecule has 1 aromatic carbocycles. The lowest BCUT2D eigenvalue weighted by Crippen LogP contribution is -2.35. The molecule has 1 aliphatic heterocycles. The van der Waals surface area contributed by atoms with Gasteiger partial charge >= 0.3 is 5.97 Å². The lowest BCUT2D eigenvalue weighted by Gasteiger charge is -2.28. The normalized spacial score (nSPS) is 21.5. The van der Waals surface area contributed by atoms with E-state index < -0.39 is 23.5 Å². The van der Waals surface area contributed by atoms with E-state index in [1.54, 1.807) is 6.92 Å². The van der Waals surface area contributed by atoms with Crippen LogP contribution < -0.4 is 5.32 Å². The molecule has 0 aromatic heterocycles.